The largest absolute Gasteiger partial charge is 0.465 e. The van der Waals surface area contributed by atoms with E-state index in [-0.39, 0.29) is 20.6 Å². The molecule has 98 valence electrons. The number of nitrogens with zero attached hydrogens (tertiary/aromatic N) is 2. The lowest BCUT2D eigenvalue weighted by Gasteiger charge is -2.34. The van der Waals surface area contributed by atoms with Crippen molar-refractivity contribution in [3.63, 3.8) is 0 Å². The van der Waals surface area contributed by atoms with Crippen molar-refractivity contribution in [1.82, 2.24) is 4.90 Å². The van der Waals surface area contributed by atoms with Gasteiger partial charge in [0.1, 0.15) is 0 Å². The molecule has 1 saturated heterocycles. The minimum Gasteiger partial charge on any atom is -0.465 e. The summed E-state index contributed by atoms with van der Waals surface area (Å²) in [5, 5.41) is 0. The van der Waals surface area contributed by atoms with E-state index in [1.807, 2.05) is 0 Å². The molecule has 5 heteroatoms. The molecule has 0 radical (unpaired) electrons. The predicted molar refractivity (Wildman–Crippen MR) is 75.2 cm³/mol. The van der Waals surface area contributed by atoms with Gasteiger partial charge in [-0.15, -0.1) is 0 Å². The van der Waals surface area contributed by atoms with Gasteiger partial charge >= 0.3 is 5.97 Å². The van der Waals surface area contributed by atoms with E-state index < -0.39 is 43.8 Å². The van der Waals surface area contributed by atoms with Crippen LogP contribution in [-0.2, 0) is 4.74 Å². The van der Waals surface area contributed by atoms with E-state index in [1.165, 1.54) is 6.07 Å². The summed E-state index contributed by atoms with van der Waals surface area (Å²) in [6.07, 6.45) is 0. The molecule has 1 heterocycles. The molecule has 1 fully saturated rings. The zero-order valence-electron chi connectivity index (χ0n) is 20.3. The Bertz CT molecular complexity index is 799. The molecule has 0 bridgehead atoms. The van der Waals surface area contributed by atoms with Crippen LogP contribution in [0.3, 0.4) is 0 Å². The van der Waals surface area contributed by atoms with Crippen molar-refractivity contribution in [3.8, 4) is 0 Å². The average molecular weight is 324 g/mol. The van der Waals surface area contributed by atoms with Gasteiger partial charge in [-0.25, -0.2) is 4.79 Å². The molecule has 0 saturated carbocycles. The maximum atomic E-state index is 11.7. The summed E-state index contributed by atoms with van der Waals surface area (Å²) in [4.78, 5) is 11.5. The van der Waals surface area contributed by atoms with Crippen LogP contribution in [0.1, 0.15) is 25.4 Å². The van der Waals surface area contributed by atoms with Crippen LogP contribution >= 0.6 is 15.9 Å². The fourth-order valence-electron chi connectivity index (χ4n) is 1.30. The molecule has 0 aliphatic carbocycles. The van der Waals surface area contributed by atoms with Gasteiger partial charge in [0, 0.05) is 45.7 Å². The molecule has 1 aromatic carbocycles. The highest BCUT2D eigenvalue weighted by Gasteiger charge is 2.16. The van der Waals surface area contributed by atoms with Crippen molar-refractivity contribution in [2.45, 2.75) is 0 Å². The molecule has 1 aliphatic heterocycles. The summed E-state index contributed by atoms with van der Waals surface area (Å²) < 4.78 is 92.2. The zero-order chi connectivity index (χ0) is 22.8. The Morgan fingerprint density at radius 3 is 2.72 bits per heavy atom. The number of carbonyl (C=O) groups is 1. The maximum absolute atomic E-state index is 11.7. The zero-order valence-corrected chi connectivity index (χ0v) is 10.9. The molecule has 4 nitrogen and oxygen atoms in total. The van der Waals surface area contributed by atoms with E-state index in [0.29, 0.717) is 0 Å². The summed E-state index contributed by atoms with van der Waals surface area (Å²) in [5.41, 5.74) is -0.304. The Hall–Kier alpha value is -1.07. The van der Waals surface area contributed by atoms with Gasteiger partial charge < -0.3 is 14.5 Å². The molecule has 0 atom stereocenters. The molecule has 18 heavy (non-hydrogen) atoms. The number of piperazine rings is 1. The molecule has 1 aromatic rings. The third-order valence-electron chi connectivity index (χ3n) is 2.16. The second kappa shape index (κ2) is 5.71. The monoisotopic (exact) mass is 323 g/mol. The Labute approximate surface area is 131 Å². The third kappa shape index (κ3) is 2.84. The van der Waals surface area contributed by atoms with Crippen molar-refractivity contribution in [2.24, 2.45) is 0 Å². The normalized spacial score (nSPS) is 37.7. The third-order valence-corrected chi connectivity index (χ3v) is 2.82. The first-order valence-electron chi connectivity index (χ1n) is 10.3. The van der Waals surface area contributed by atoms with Crippen LogP contribution in [0.15, 0.2) is 22.7 Å². The van der Waals surface area contributed by atoms with Crippen LogP contribution < -0.4 is 4.90 Å². The quantitative estimate of drug-likeness (QED) is 0.779. The number of benzene rings is 1. The van der Waals surface area contributed by atoms with Gasteiger partial charge in [-0.3, -0.25) is 0 Å². The first-order valence-corrected chi connectivity index (χ1v) is 5.63. The smallest absolute Gasteiger partial charge is 0.339 e. The Morgan fingerprint density at radius 2 is 2.17 bits per heavy atom. The average Bonchev–Trinajstić information content (AvgIpc) is 2.50. The molecule has 0 aromatic heterocycles. The van der Waals surface area contributed by atoms with Crippen LogP contribution in [-0.4, -0.2) is 50.9 Å². The van der Waals surface area contributed by atoms with Crippen molar-refractivity contribution in [1.29, 1.82) is 0 Å². The number of hydrogen-bond donors (Lipinski definition) is 0. The molecule has 0 N–H and O–H groups in total. The van der Waals surface area contributed by atoms with Crippen LogP contribution in [0.4, 0.5) is 5.69 Å². The van der Waals surface area contributed by atoms with Crippen molar-refractivity contribution in [3.05, 3.63) is 28.2 Å². The van der Waals surface area contributed by atoms with Crippen LogP contribution in [0.5, 0.6) is 0 Å². The topological polar surface area (TPSA) is 32.8 Å². The van der Waals surface area contributed by atoms with Crippen molar-refractivity contribution in [2.75, 3.05) is 45.0 Å². The number of likely N-dealkylation sites (N-methyl/N-ethyl adjacent to an activating group) is 1. The highest BCUT2D eigenvalue weighted by Crippen LogP contribution is 2.25. The Balaban J connectivity index is 2.76. The van der Waals surface area contributed by atoms with E-state index in [0.717, 1.165) is 19.2 Å². The summed E-state index contributed by atoms with van der Waals surface area (Å²) in [6, 6.07) is 3.35. The molecule has 0 amide bonds. The van der Waals surface area contributed by atoms with Gasteiger partial charge in [-0.1, -0.05) is 0 Å². The minimum absolute atomic E-state index is 0.0181. The lowest BCUT2D eigenvalue weighted by atomic mass is 10.2. The Kier molecular flexibility index (Phi) is 1.63. The second-order valence-corrected chi connectivity index (χ2v) is 4.13. The fourth-order valence-corrected chi connectivity index (χ4v) is 1.83. The van der Waals surface area contributed by atoms with Gasteiger partial charge in [0.15, 0.2) is 0 Å². The number of ether oxygens (including phenoxy) is 1. The molecule has 1 aliphatic rings. The molecule has 0 spiro atoms. The summed E-state index contributed by atoms with van der Waals surface area (Å²) in [5.74, 6) is -0.743. The van der Waals surface area contributed by atoms with Gasteiger partial charge in [-0.05, 0) is 41.1 Å². The Morgan fingerprint density at radius 1 is 1.44 bits per heavy atom. The first-order chi connectivity index (χ1) is 12.8. The van der Waals surface area contributed by atoms with Crippen LogP contribution in [0.25, 0.3) is 0 Å². The minimum atomic E-state index is -3.48. The van der Waals surface area contributed by atoms with Gasteiger partial charge in [-0.2, -0.15) is 0 Å². The number of carbonyl (C=O) groups excluding carboxylic acids is 1. The first kappa shape index (κ1) is 5.13. The summed E-state index contributed by atoms with van der Waals surface area (Å²) in [6.45, 7) is -17.1. The lowest BCUT2D eigenvalue weighted by molar-refractivity contribution is 0.0599. The molecule has 2 rings (SSSR count). The standard InChI is InChI=1S/C13H17BrN2O2/c1-15-5-7-16(8-6-15)10-3-4-11(12(14)9-10)13(17)18-2/h3-4,9H,5-8H2,1-2H3/i1D3,5D2,6D2,7D2,8D2. The van der Waals surface area contributed by atoms with E-state index in [9.17, 15) is 4.79 Å². The highest BCUT2D eigenvalue weighted by molar-refractivity contribution is 9.10. The van der Waals surface area contributed by atoms with Crippen LogP contribution in [0, 0.1) is 0 Å². The molecular formula is C13H17BrN2O2. The molecular weight excluding hydrogens is 296 g/mol. The highest BCUT2D eigenvalue weighted by atomic mass is 79.9. The summed E-state index contributed by atoms with van der Waals surface area (Å²) in [7, 11) is 1.14. The SMILES string of the molecule is [2H]C([2H])([2H])N1C([2H])([2H])C([2H])([2H])N(c2ccc(C(=O)OC)c(Br)c2)C([2H])([2H])C1([2H])[2H]. The number of hydrogen-bond acceptors (Lipinski definition) is 4. The maximum Gasteiger partial charge on any atom is 0.339 e. The predicted octanol–water partition coefficient (Wildman–Crippen LogP) is 1.99. The van der Waals surface area contributed by atoms with Crippen LogP contribution in [0.2, 0.25) is 0 Å². The number of halogens is 1. The van der Waals surface area contributed by atoms with Crippen molar-refractivity contribution >= 4 is 27.6 Å². The number of esters is 1. The van der Waals surface area contributed by atoms with E-state index in [4.69, 9.17) is 15.1 Å². The fraction of sp³-hybridized carbons (Fsp3) is 0.462. The molecule has 0 unspecified atom stereocenters. The summed E-state index contributed by atoms with van der Waals surface area (Å²) >= 11 is 3.07. The number of methoxy groups -OCH3 is 1. The van der Waals surface area contributed by atoms with Crippen molar-refractivity contribution < 1.29 is 24.6 Å². The van der Waals surface area contributed by atoms with E-state index in [1.54, 1.807) is 0 Å². The number of rotatable bonds is 2. The lowest BCUT2D eigenvalue weighted by Crippen LogP contribution is -2.44. The van der Waals surface area contributed by atoms with Gasteiger partial charge in [0.25, 0.3) is 0 Å². The second-order valence-electron chi connectivity index (χ2n) is 3.27. The van der Waals surface area contributed by atoms with Gasteiger partial charge in [0.2, 0.25) is 0 Å². The van der Waals surface area contributed by atoms with E-state index >= 15 is 0 Å². The van der Waals surface area contributed by atoms with E-state index in [2.05, 4.69) is 20.7 Å². The number of anilines is 1. The van der Waals surface area contributed by atoms with Gasteiger partial charge in [0.05, 0.1) is 18.2 Å².